The molecule has 2 saturated heterocycles. The van der Waals surface area contributed by atoms with Gasteiger partial charge in [0.1, 0.15) is 0 Å². The molecule has 1 atom stereocenters. The molecule has 2 aromatic rings. The number of imidazole rings is 1. The molecular formula is C16H23N3O2S. The van der Waals surface area contributed by atoms with E-state index in [4.69, 9.17) is 9.47 Å². The van der Waals surface area contributed by atoms with Gasteiger partial charge in [-0.1, -0.05) is 0 Å². The Morgan fingerprint density at radius 3 is 3.09 bits per heavy atom. The Kier molecular flexibility index (Phi) is 3.94. The van der Waals surface area contributed by atoms with Crippen LogP contribution in [0.25, 0.3) is 4.96 Å². The molecule has 0 unspecified atom stereocenters. The number of aryl methyl sites for hydroxylation is 1. The Hall–Kier alpha value is -0.950. The number of thiazole rings is 1. The highest BCUT2D eigenvalue weighted by Crippen LogP contribution is 2.34. The van der Waals surface area contributed by atoms with Crippen molar-refractivity contribution in [2.24, 2.45) is 0 Å². The average molecular weight is 321 g/mol. The number of ether oxygens (including phenoxy) is 2. The maximum absolute atomic E-state index is 6.10. The van der Waals surface area contributed by atoms with Gasteiger partial charge in [-0.25, -0.2) is 4.98 Å². The third-order valence-electron chi connectivity index (χ3n) is 4.91. The number of fused-ring (bicyclic) bond motifs is 1. The lowest BCUT2D eigenvalue weighted by molar-refractivity contribution is -0.140. The fraction of sp³-hybridized carbons (Fsp3) is 0.688. The highest BCUT2D eigenvalue weighted by atomic mass is 32.1. The van der Waals surface area contributed by atoms with E-state index in [1.807, 2.05) is 0 Å². The molecule has 2 aliphatic rings. The standard InChI is InChI=1S/C16H23N3O2S/c1-12-11-22-15-18-14(10-19(12)15)9-17-13-2-5-21-16(8-13)3-6-20-7-4-16/h10-11,13,17H,2-9H2,1H3/t13-/m0/s1. The number of hydrogen-bond donors (Lipinski definition) is 1. The smallest absolute Gasteiger partial charge is 0.194 e. The molecule has 4 rings (SSSR count). The summed E-state index contributed by atoms with van der Waals surface area (Å²) < 4.78 is 13.8. The largest absolute Gasteiger partial charge is 0.381 e. The van der Waals surface area contributed by atoms with Crippen molar-refractivity contribution >= 4 is 16.3 Å². The van der Waals surface area contributed by atoms with E-state index in [0.717, 1.165) is 62.7 Å². The second-order valence-electron chi connectivity index (χ2n) is 6.48. The van der Waals surface area contributed by atoms with Crippen LogP contribution in [-0.4, -0.2) is 40.8 Å². The second kappa shape index (κ2) is 5.92. The van der Waals surface area contributed by atoms with Crippen molar-refractivity contribution < 1.29 is 9.47 Å². The van der Waals surface area contributed by atoms with Gasteiger partial charge in [0.25, 0.3) is 0 Å². The molecule has 0 bridgehead atoms. The molecule has 1 N–H and O–H groups in total. The van der Waals surface area contributed by atoms with Gasteiger partial charge in [-0.3, -0.25) is 4.40 Å². The van der Waals surface area contributed by atoms with Crippen molar-refractivity contribution in [2.45, 2.75) is 50.8 Å². The first-order chi connectivity index (χ1) is 10.7. The normalized spacial score (nSPS) is 25.0. The zero-order valence-corrected chi connectivity index (χ0v) is 13.8. The summed E-state index contributed by atoms with van der Waals surface area (Å²) in [5.41, 5.74) is 2.44. The molecular weight excluding hydrogens is 298 g/mol. The minimum atomic E-state index is 0.0549. The second-order valence-corrected chi connectivity index (χ2v) is 7.31. The van der Waals surface area contributed by atoms with Gasteiger partial charge in [-0.2, -0.15) is 0 Å². The fourth-order valence-corrected chi connectivity index (χ4v) is 4.44. The van der Waals surface area contributed by atoms with Gasteiger partial charge < -0.3 is 14.8 Å². The Morgan fingerprint density at radius 1 is 1.41 bits per heavy atom. The molecule has 0 radical (unpaired) electrons. The minimum absolute atomic E-state index is 0.0549. The summed E-state index contributed by atoms with van der Waals surface area (Å²) >= 11 is 1.70. The van der Waals surface area contributed by atoms with E-state index < -0.39 is 0 Å². The van der Waals surface area contributed by atoms with Crippen molar-refractivity contribution in [2.75, 3.05) is 19.8 Å². The van der Waals surface area contributed by atoms with Crippen LogP contribution in [0.3, 0.4) is 0 Å². The third-order valence-corrected chi connectivity index (χ3v) is 5.86. The van der Waals surface area contributed by atoms with E-state index in [0.29, 0.717) is 6.04 Å². The third kappa shape index (κ3) is 2.80. The highest BCUT2D eigenvalue weighted by Gasteiger charge is 2.38. The van der Waals surface area contributed by atoms with Crippen molar-refractivity contribution in [3.05, 3.63) is 23.0 Å². The van der Waals surface area contributed by atoms with Crippen LogP contribution < -0.4 is 5.32 Å². The van der Waals surface area contributed by atoms with Crippen molar-refractivity contribution in [1.29, 1.82) is 0 Å². The Bertz CT molecular complexity index is 639. The Labute approximate surface area is 134 Å². The van der Waals surface area contributed by atoms with E-state index in [1.165, 1.54) is 5.69 Å². The number of hydrogen-bond acceptors (Lipinski definition) is 5. The van der Waals surface area contributed by atoms with Crippen molar-refractivity contribution in [3.63, 3.8) is 0 Å². The molecule has 0 aromatic carbocycles. The van der Waals surface area contributed by atoms with Gasteiger partial charge in [0, 0.05) is 49.7 Å². The first-order valence-corrected chi connectivity index (χ1v) is 8.99. The number of nitrogens with zero attached hydrogens (tertiary/aromatic N) is 2. The van der Waals surface area contributed by atoms with Gasteiger partial charge in [-0.15, -0.1) is 11.3 Å². The van der Waals surface area contributed by atoms with E-state index in [9.17, 15) is 0 Å². The topological polar surface area (TPSA) is 47.8 Å². The fourth-order valence-electron chi connectivity index (χ4n) is 3.57. The van der Waals surface area contributed by atoms with Crippen molar-refractivity contribution in [3.8, 4) is 0 Å². The predicted octanol–water partition coefficient (Wildman–Crippen LogP) is 2.52. The number of rotatable bonds is 3. The van der Waals surface area contributed by atoms with Crippen LogP contribution in [0.2, 0.25) is 0 Å². The molecule has 4 heterocycles. The zero-order chi connectivity index (χ0) is 15.0. The SMILES string of the molecule is Cc1csc2nc(CN[C@H]3CCOC4(CCOCC4)C3)cn12. The molecule has 1 spiro atoms. The molecule has 2 aliphatic heterocycles. The van der Waals surface area contributed by atoms with Gasteiger partial charge in [0.15, 0.2) is 4.96 Å². The van der Waals surface area contributed by atoms with Crippen LogP contribution in [0.1, 0.15) is 37.1 Å². The molecule has 0 saturated carbocycles. The summed E-state index contributed by atoms with van der Waals surface area (Å²) in [7, 11) is 0. The van der Waals surface area contributed by atoms with E-state index in [1.54, 1.807) is 11.3 Å². The summed E-state index contributed by atoms with van der Waals surface area (Å²) in [6.45, 7) is 5.49. The summed E-state index contributed by atoms with van der Waals surface area (Å²) in [6, 6.07) is 0.521. The van der Waals surface area contributed by atoms with Gasteiger partial charge in [0.2, 0.25) is 0 Å². The molecule has 120 valence electrons. The predicted molar refractivity (Wildman–Crippen MR) is 86.4 cm³/mol. The number of aromatic nitrogens is 2. The number of nitrogens with one attached hydrogen (secondary N) is 1. The van der Waals surface area contributed by atoms with Crippen LogP contribution in [0.15, 0.2) is 11.6 Å². The van der Waals surface area contributed by atoms with Crippen LogP contribution in [0.5, 0.6) is 0 Å². The Morgan fingerprint density at radius 2 is 2.27 bits per heavy atom. The molecule has 22 heavy (non-hydrogen) atoms. The van der Waals surface area contributed by atoms with E-state index in [-0.39, 0.29) is 5.60 Å². The molecule has 0 amide bonds. The average Bonchev–Trinajstić information content (AvgIpc) is 3.08. The van der Waals surface area contributed by atoms with Crippen molar-refractivity contribution in [1.82, 2.24) is 14.7 Å². The molecule has 6 heteroatoms. The highest BCUT2D eigenvalue weighted by molar-refractivity contribution is 7.15. The van der Waals surface area contributed by atoms with Gasteiger partial charge in [0.05, 0.1) is 11.3 Å². The first-order valence-electron chi connectivity index (χ1n) is 8.11. The maximum Gasteiger partial charge on any atom is 0.194 e. The quantitative estimate of drug-likeness (QED) is 0.944. The summed E-state index contributed by atoms with van der Waals surface area (Å²) in [5.74, 6) is 0. The van der Waals surface area contributed by atoms with Gasteiger partial charge >= 0.3 is 0 Å². The molecule has 2 aromatic heterocycles. The molecule has 5 nitrogen and oxygen atoms in total. The lowest BCUT2D eigenvalue weighted by Crippen LogP contribution is -2.49. The first kappa shape index (κ1) is 14.6. The molecule has 0 aliphatic carbocycles. The maximum atomic E-state index is 6.10. The summed E-state index contributed by atoms with van der Waals surface area (Å²) in [6.07, 6.45) is 6.40. The van der Waals surface area contributed by atoms with E-state index in [2.05, 4.69) is 33.2 Å². The van der Waals surface area contributed by atoms with Crippen LogP contribution >= 0.6 is 11.3 Å². The summed E-state index contributed by atoms with van der Waals surface area (Å²) in [5, 5.41) is 5.83. The van der Waals surface area contributed by atoms with Crippen LogP contribution in [-0.2, 0) is 16.0 Å². The zero-order valence-electron chi connectivity index (χ0n) is 13.0. The van der Waals surface area contributed by atoms with E-state index >= 15 is 0 Å². The van der Waals surface area contributed by atoms with Crippen LogP contribution in [0.4, 0.5) is 0 Å². The Balaban J connectivity index is 1.38. The monoisotopic (exact) mass is 321 g/mol. The summed E-state index contributed by atoms with van der Waals surface area (Å²) in [4.78, 5) is 5.78. The lowest BCUT2D eigenvalue weighted by Gasteiger charge is -2.43. The minimum Gasteiger partial charge on any atom is -0.381 e. The van der Waals surface area contributed by atoms with Crippen LogP contribution in [0, 0.1) is 6.92 Å². The molecule has 2 fully saturated rings. The van der Waals surface area contributed by atoms with Gasteiger partial charge in [-0.05, 0) is 32.6 Å². The lowest BCUT2D eigenvalue weighted by atomic mass is 9.84.